The second kappa shape index (κ2) is 7.36. The first-order valence-corrected chi connectivity index (χ1v) is 9.44. The Morgan fingerprint density at radius 1 is 1.16 bits per heavy atom. The third kappa shape index (κ3) is 4.00. The number of hydrogen-bond acceptors (Lipinski definition) is 4. The Hall–Kier alpha value is -1.56. The summed E-state index contributed by atoms with van der Waals surface area (Å²) in [7, 11) is 1.43. The van der Waals surface area contributed by atoms with Crippen LogP contribution in [-0.4, -0.2) is 79.6 Å². The predicted molar refractivity (Wildman–Crippen MR) is 96.2 cm³/mol. The summed E-state index contributed by atoms with van der Waals surface area (Å²) >= 11 is 0. The van der Waals surface area contributed by atoms with E-state index in [9.17, 15) is 9.59 Å². The summed E-state index contributed by atoms with van der Waals surface area (Å²) in [4.78, 5) is 30.2. The molecule has 6 nitrogen and oxygen atoms in total. The van der Waals surface area contributed by atoms with Crippen LogP contribution in [0.3, 0.4) is 0 Å². The predicted octanol–water partition coefficient (Wildman–Crippen LogP) is 1.97. The van der Waals surface area contributed by atoms with Crippen LogP contribution in [0.25, 0.3) is 0 Å². The maximum Gasteiger partial charge on any atom is 0.320 e. The minimum Gasteiger partial charge on any atom is -0.468 e. The van der Waals surface area contributed by atoms with E-state index in [1.54, 1.807) is 0 Å². The molecule has 0 atom stereocenters. The molecular weight excluding hydrogens is 318 g/mol. The SMILES string of the molecule is COC(=O)CN1CCC2(CC1)CN(C(=O)N1CC=C(C(C)C)CC1)C2. The van der Waals surface area contributed by atoms with Crippen molar-refractivity contribution >= 4 is 12.0 Å². The van der Waals surface area contributed by atoms with Gasteiger partial charge in [-0.15, -0.1) is 0 Å². The van der Waals surface area contributed by atoms with Crippen LogP contribution in [0.4, 0.5) is 4.79 Å². The Morgan fingerprint density at radius 3 is 2.36 bits per heavy atom. The van der Waals surface area contributed by atoms with Gasteiger partial charge in [-0.1, -0.05) is 25.5 Å². The normalized spacial score (nSPS) is 23.4. The van der Waals surface area contributed by atoms with E-state index in [0.29, 0.717) is 12.5 Å². The second-order valence-corrected chi connectivity index (χ2v) is 8.12. The summed E-state index contributed by atoms with van der Waals surface area (Å²) in [5.74, 6) is 0.417. The maximum atomic E-state index is 12.7. The minimum absolute atomic E-state index is 0.166. The average Bonchev–Trinajstić information content (AvgIpc) is 2.60. The van der Waals surface area contributed by atoms with Crippen LogP contribution < -0.4 is 0 Å². The maximum absolute atomic E-state index is 12.7. The molecule has 0 aromatic carbocycles. The van der Waals surface area contributed by atoms with E-state index in [2.05, 4.69) is 24.8 Å². The Morgan fingerprint density at radius 2 is 1.84 bits per heavy atom. The van der Waals surface area contributed by atoms with E-state index in [0.717, 1.165) is 58.5 Å². The standard InChI is InChI=1S/C19H31N3O3/c1-15(2)16-4-8-21(9-5-16)18(24)22-13-19(14-22)6-10-20(11-7-19)12-17(23)25-3/h4,15H,5-14H2,1-3H3. The highest BCUT2D eigenvalue weighted by molar-refractivity contribution is 5.76. The number of hydrogen-bond donors (Lipinski definition) is 0. The molecule has 0 bridgehead atoms. The van der Waals surface area contributed by atoms with Gasteiger partial charge in [0.05, 0.1) is 13.7 Å². The molecule has 3 heterocycles. The first kappa shape index (κ1) is 18.2. The van der Waals surface area contributed by atoms with Crippen molar-refractivity contribution in [2.24, 2.45) is 11.3 Å². The lowest BCUT2D eigenvalue weighted by Crippen LogP contribution is -2.64. The molecule has 0 aromatic rings. The van der Waals surface area contributed by atoms with E-state index in [1.807, 2.05) is 9.80 Å². The zero-order valence-electron chi connectivity index (χ0n) is 15.8. The van der Waals surface area contributed by atoms with Crippen LogP contribution in [-0.2, 0) is 9.53 Å². The van der Waals surface area contributed by atoms with Gasteiger partial charge in [-0.25, -0.2) is 4.79 Å². The topological polar surface area (TPSA) is 53.1 Å². The molecule has 6 heteroatoms. The number of amides is 2. The van der Waals surface area contributed by atoms with Crippen molar-refractivity contribution in [3.8, 4) is 0 Å². The van der Waals surface area contributed by atoms with Crippen molar-refractivity contribution in [3.63, 3.8) is 0 Å². The van der Waals surface area contributed by atoms with Crippen LogP contribution in [0.1, 0.15) is 33.1 Å². The van der Waals surface area contributed by atoms with Gasteiger partial charge in [0.1, 0.15) is 0 Å². The van der Waals surface area contributed by atoms with Gasteiger partial charge in [0.2, 0.25) is 0 Å². The number of likely N-dealkylation sites (tertiary alicyclic amines) is 2. The number of methoxy groups -OCH3 is 1. The fourth-order valence-electron chi connectivity index (χ4n) is 4.23. The Kier molecular flexibility index (Phi) is 5.37. The molecule has 2 saturated heterocycles. The largest absolute Gasteiger partial charge is 0.468 e. The van der Waals surface area contributed by atoms with Crippen molar-refractivity contribution < 1.29 is 14.3 Å². The lowest BCUT2D eigenvalue weighted by atomic mass is 9.72. The van der Waals surface area contributed by atoms with Crippen LogP contribution in [0.5, 0.6) is 0 Å². The number of ether oxygens (including phenoxy) is 1. The van der Waals surface area contributed by atoms with Crippen molar-refractivity contribution in [2.45, 2.75) is 33.1 Å². The number of carbonyl (C=O) groups excluding carboxylic acids is 2. The summed E-state index contributed by atoms with van der Waals surface area (Å²) in [6.45, 7) is 9.99. The molecule has 3 aliphatic heterocycles. The average molecular weight is 349 g/mol. The molecule has 0 aromatic heterocycles. The Bertz CT molecular complexity index is 542. The molecule has 3 rings (SSSR count). The minimum atomic E-state index is -0.166. The van der Waals surface area contributed by atoms with Crippen LogP contribution >= 0.6 is 0 Å². The van der Waals surface area contributed by atoms with Gasteiger partial charge in [-0.3, -0.25) is 9.69 Å². The Labute approximate surface area is 150 Å². The molecular formula is C19H31N3O3. The van der Waals surface area contributed by atoms with Gasteiger partial charge in [-0.05, 0) is 38.3 Å². The number of piperidine rings is 1. The molecule has 2 amide bonds. The quantitative estimate of drug-likeness (QED) is 0.577. The summed E-state index contributed by atoms with van der Waals surface area (Å²) in [6.07, 6.45) is 5.36. The highest BCUT2D eigenvalue weighted by atomic mass is 16.5. The molecule has 3 aliphatic rings. The number of urea groups is 1. The van der Waals surface area contributed by atoms with Gasteiger partial charge in [-0.2, -0.15) is 0 Å². The van der Waals surface area contributed by atoms with E-state index in [-0.39, 0.29) is 17.4 Å². The first-order valence-electron chi connectivity index (χ1n) is 9.44. The smallest absolute Gasteiger partial charge is 0.320 e. The zero-order chi connectivity index (χ0) is 18.0. The Balaban J connectivity index is 1.44. The van der Waals surface area contributed by atoms with Crippen LogP contribution in [0, 0.1) is 11.3 Å². The molecule has 0 saturated carbocycles. The summed E-state index contributed by atoms with van der Waals surface area (Å²) in [6, 6.07) is 0.196. The molecule has 0 unspecified atom stereocenters. The van der Waals surface area contributed by atoms with E-state index in [4.69, 9.17) is 4.74 Å². The summed E-state index contributed by atoms with van der Waals surface area (Å²) < 4.78 is 4.74. The highest BCUT2D eigenvalue weighted by Gasteiger charge is 2.47. The monoisotopic (exact) mass is 349 g/mol. The highest BCUT2D eigenvalue weighted by Crippen LogP contribution is 2.41. The van der Waals surface area contributed by atoms with Crippen molar-refractivity contribution in [1.29, 1.82) is 0 Å². The molecule has 0 radical (unpaired) electrons. The van der Waals surface area contributed by atoms with Crippen molar-refractivity contribution in [1.82, 2.24) is 14.7 Å². The van der Waals surface area contributed by atoms with Crippen molar-refractivity contribution in [2.75, 3.05) is 52.9 Å². The molecule has 1 spiro atoms. The van der Waals surface area contributed by atoms with Gasteiger partial charge < -0.3 is 14.5 Å². The fraction of sp³-hybridized carbons (Fsp3) is 0.789. The van der Waals surface area contributed by atoms with Crippen LogP contribution in [0.2, 0.25) is 0 Å². The van der Waals surface area contributed by atoms with Crippen molar-refractivity contribution in [3.05, 3.63) is 11.6 Å². The van der Waals surface area contributed by atoms with E-state index >= 15 is 0 Å². The molecule has 25 heavy (non-hydrogen) atoms. The van der Waals surface area contributed by atoms with E-state index < -0.39 is 0 Å². The third-order valence-corrected chi connectivity index (χ3v) is 6.08. The molecule has 2 fully saturated rings. The molecule has 0 aliphatic carbocycles. The first-order chi connectivity index (χ1) is 11.9. The third-order valence-electron chi connectivity index (χ3n) is 6.08. The summed E-state index contributed by atoms with van der Waals surface area (Å²) in [5.41, 5.74) is 1.75. The summed E-state index contributed by atoms with van der Waals surface area (Å²) in [5, 5.41) is 0. The zero-order valence-corrected chi connectivity index (χ0v) is 15.8. The lowest BCUT2D eigenvalue weighted by Gasteiger charge is -2.54. The number of esters is 1. The van der Waals surface area contributed by atoms with Crippen LogP contribution in [0.15, 0.2) is 11.6 Å². The number of nitrogens with zero attached hydrogens (tertiary/aromatic N) is 3. The second-order valence-electron chi connectivity index (χ2n) is 8.12. The molecule has 0 N–H and O–H groups in total. The fourth-order valence-corrected chi connectivity index (χ4v) is 4.23. The van der Waals surface area contributed by atoms with Gasteiger partial charge in [0.15, 0.2) is 0 Å². The van der Waals surface area contributed by atoms with Gasteiger partial charge >= 0.3 is 12.0 Å². The van der Waals surface area contributed by atoms with Gasteiger partial charge in [0.25, 0.3) is 0 Å². The lowest BCUT2D eigenvalue weighted by molar-refractivity contribution is -0.143. The van der Waals surface area contributed by atoms with E-state index in [1.165, 1.54) is 12.7 Å². The number of carbonyl (C=O) groups is 2. The molecule has 140 valence electrons. The van der Waals surface area contributed by atoms with Gasteiger partial charge in [0, 0.05) is 31.6 Å². The number of rotatable bonds is 3.